The summed E-state index contributed by atoms with van der Waals surface area (Å²) in [5, 5.41) is 5.38. The number of halogens is 3. The number of nitrogens with two attached hydrogens (primary N) is 1. The van der Waals surface area contributed by atoms with Crippen molar-refractivity contribution in [2.75, 3.05) is 16.7 Å². The van der Waals surface area contributed by atoms with E-state index in [-0.39, 0.29) is 39.2 Å². The van der Waals surface area contributed by atoms with Crippen molar-refractivity contribution in [2.45, 2.75) is 6.92 Å². The zero-order valence-corrected chi connectivity index (χ0v) is 22.7. The number of nitrogen functional groups attached to an aromatic ring is 1. The van der Waals surface area contributed by atoms with E-state index in [1.165, 1.54) is 24.4 Å². The highest BCUT2D eigenvalue weighted by Gasteiger charge is 2.23. The zero-order valence-electron chi connectivity index (χ0n) is 20.4. The van der Waals surface area contributed by atoms with Crippen molar-refractivity contribution in [1.82, 2.24) is 14.8 Å². The number of anilines is 2. The van der Waals surface area contributed by atoms with Crippen LogP contribution >= 0.6 is 23.2 Å². The van der Waals surface area contributed by atoms with Gasteiger partial charge in [-0.1, -0.05) is 29.3 Å². The molecular weight excluding hydrogens is 568 g/mol. The van der Waals surface area contributed by atoms with Gasteiger partial charge >= 0.3 is 0 Å². The number of hydrogen-bond donors (Lipinski definition) is 3. The Balaban J connectivity index is 1.46. The Kier molecular flexibility index (Phi) is 6.75. The van der Waals surface area contributed by atoms with Gasteiger partial charge in [-0.2, -0.15) is 5.10 Å². The standard InChI is InChI=1S/C26H20Cl2FN5O4S/c1-13-6-17(38-16-5-3-4-15(27)9-16)10-20(29)24(13)34-26(30)18(12-31-34)25(35)23-8-14-7-19(28)22(11-21(14)32-23)33-39(2,36)37/h3-12,32-33H,30H2,1-2H3. The van der Waals surface area contributed by atoms with E-state index < -0.39 is 21.6 Å². The molecule has 0 unspecified atom stereocenters. The minimum Gasteiger partial charge on any atom is -0.457 e. The van der Waals surface area contributed by atoms with E-state index in [1.54, 1.807) is 43.3 Å². The molecule has 5 aromatic rings. The van der Waals surface area contributed by atoms with Gasteiger partial charge in [-0.05, 0) is 55.0 Å². The van der Waals surface area contributed by atoms with Crippen molar-refractivity contribution in [3.63, 3.8) is 0 Å². The third-order valence-corrected chi connectivity index (χ3v) is 6.91. The van der Waals surface area contributed by atoms with Crippen LogP contribution in [0.15, 0.2) is 60.8 Å². The smallest absolute Gasteiger partial charge is 0.229 e. The number of carbonyl (C=O) groups is 1. The molecule has 0 amide bonds. The summed E-state index contributed by atoms with van der Waals surface area (Å²) in [7, 11) is -3.56. The van der Waals surface area contributed by atoms with Gasteiger partial charge in [-0.15, -0.1) is 0 Å². The van der Waals surface area contributed by atoms with Crippen LogP contribution in [0.4, 0.5) is 15.9 Å². The largest absolute Gasteiger partial charge is 0.457 e. The number of fused-ring (bicyclic) bond motifs is 1. The van der Waals surface area contributed by atoms with Crippen molar-refractivity contribution < 1.29 is 22.3 Å². The number of ketones is 1. The molecule has 5 rings (SSSR count). The van der Waals surface area contributed by atoms with Gasteiger partial charge < -0.3 is 15.5 Å². The average molecular weight is 588 g/mol. The lowest BCUT2D eigenvalue weighted by Gasteiger charge is -2.13. The SMILES string of the molecule is Cc1cc(Oc2cccc(Cl)c2)cc(F)c1-n1ncc(C(=O)c2cc3cc(Cl)c(NS(C)(=O)=O)cc3[nH]2)c1N. The summed E-state index contributed by atoms with van der Waals surface area (Å²) >= 11 is 12.2. The topological polar surface area (TPSA) is 132 Å². The Bertz CT molecular complexity index is 1860. The molecule has 0 aliphatic carbocycles. The van der Waals surface area contributed by atoms with Crippen LogP contribution in [-0.4, -0.2) is 35.2 Å². The van der Waals surface area contributed by atoms with Crippen LogP contribution in [0.5, 0.6) is 11.5 Å². The third-order valence-electron chi connectivity index (χ3n) is 5.77. The lowest BCUT2D eigenvalue weighted by Crippen LogP contribution is -2.10. The molecule has 2 aromatic heterocycles. The maximum Gasteiger partial charge on any atom is 0.229 e. The highest BCUT2D eigenvalue weighted by molar-refractivity contribution is 7.92. The molecule has 9 nitrogen and oxygen atoms in total. The molecule has 0 fully saturated rings. The number of rotatable bonds is 7. The summed E-state index contributed by atoms with van der Waals surface area (Å²) in [6, 6.07) is 14.1. The van der Waals surface area contributed by atoms with Crippen LogP contribution in [0.3, 0.4) is 0 Å². The van der Waals surface area contributed by atoms with Crippen LogP contribution < -0.4 is 15.2 Å². The van der Waals surface area contributed by atoms with Gasteiger partial charge in [0.2, 0.25) is 15.8 Å². The quantitative estimate of drug-likeness (QED) is 0.197. The van der Waals surface area contributed by atoms with Crippen LogP contribution in [0, 0.1) is 12.7 Å². The minimum absolute atomic E-state index is 0.0418. The number of hydrogen-bond acceptors (Lipinski definition) is 6. The van der Waals surface area contributed by atoms with Crippen molar-refractivity contribution >= 4 is 61.4 Å². The van der Waals surface area contributed by atoms with Gasteiger partial charge in [0, 0.05) is 22.0 Å². The highest BCUT2D eigenvalue weighted by atomic mass is 35.5. The predicted octanol–water partition coefficient (Wildman–Crippen LogP) is 6.08. The van der Waals surface area contributed by atoms with Crippen molar-refractivity contribution in [3.8, 4) is 17.2 Å². The van der Waals surface area contributed by atoms with Gasteiger partial charge in [-0.25, -0.2) is 17.5 Å². The number of H-pyrrole nitrogens is 1. The fourth-order valence-corrected chi connectivity index (χ4v) is 5.13. The van der Waals surface area contributed by atoms with Gasteiger partial charge in [0.05, 0.1) is 34.4 Å². The Morgan fingerprint density at radius 3 is 2.59 bits per heavy atom. The lowest BCUT2D eigenvalue weighted by atomic mass is 10.1. The first-order valence-electron chi connectivity index (χ1n) is 11.3. The van der Waals surface area contributed by atoms with E-state index in [9.17, 15) is 13.2 Å². The summed E-state index contributed by atoms with van der Waals surface area (Å²) in [5.74, 6) is -0.532. The molecule has 0 aliphatic rings. The third kappa shape index (κ3) is 5.42. The number of ether oxygens (including phenoxy) is 1. The number of nitrogens with one attached hydrogen (secondary N) is 2. The number of benzene rings is 3. The van der Waals surface area contributed by atoms with E-state index in [1.807, 2.05) is 0 Å². The average Bonchev–Trinajstić information content (AvgIpc) is 3.41. The van der Waals surface area contributed by atoms with E-state index in [2.05, 4.69) is 14.8 Å². The van der Waals surface area contributed by atoms with E-state index in [4.69, 9.17) is 33.7 Å². The maximum atomic E-state index is 15.2. The van der Waals surface area contributed by atoms with Gasteiger partial charge in [-0.3, -0.25) is 9.52 Å². The summed E-state index contributed by atoms with van der Waals surface area (Å²) in [6.45, 7) is 1.66. The van der Waals surface area contributed by atoms with Gasteiger partial charge in [0.15, 0.2) is 5.82 Å². The van der Waals surface area contributed by atoms with Crippen molar-refractivity contribution in [2.24, 2.45) is 0 Å². The molecule has 200 valence electrons. The molecule has 0 atom stereocenters. The zero-order chi connectivity index (χ0) is 28.1. The van der Waals surface area contributed by atoms with E-state index in [0.717, 1.165) is 10.9 Å². The number of aromatic nitrogens is 3. The molecule has 39 heavy (non-hydrogen) atoms. The molecule has 2 heterocycles. The monoisotopic (exact) mass is 587 g/mol. The summed E-state index contributed by atoms with van der Waals surface area (Å²) in [5.41, 5.74) is 7.61. The van der Waals surface area contributed by atoms with Crippen molar-refractivity contribution in [3.05, 3.63) is 93.5 Å². The molecule has 4 N–H and O–H groups in total. The highest BCUT2D eigenvalue weighted by Crippen LogP contribution is 2.33. The first-order chi connectivity index (χ1) is 18.4. The molecule has 0 spiro atoms. The second-order valence-electron chi connectivity index (χ2n) is 8.79. The first-order valence-corrected chi connectivity index (χ1v) is 14.0. The number of sulfonamides is 1. The molecule has 13 heteroatoms. The van der Waals surface area contributed by atoms with Crippen molar-refractivity contribution in [1.29, 1.82) is 0 Å². The summed E-state index contributed by atoms with van der Waals surface area (Å²) < 4.78 is 47.7. The van der Waals surface area contributed by atoms with E-state index >= 15 is 4.39 Å². The minimum atomic E-state index is -3.56. The predicted molar refractivity (Wildman–Crippen MR) is 149 cm³/mol. The maximum absolute atomic E-state index is 15.2. The number of nitrogens with zero attached hydrogens (tertiary/aromatic N) is 2. The van der Waals surface area contributed by atoms with Gasteiger partial charge in [0.25, 0.3) is 0 Å². The Labute approximate surface area is 232 Å². The molecular formula is C26H20Cl2FN5O4S. The number of aryl methyl sites for hydroxylation is 1. The summed E-state index contributed by atoms with van der Waals surface area (Å²) in [4.78, 5) is 16.2. The van der Waals surface area contributed by atoms with Gasteiger partial charge in [0.1, 0.15) is 23.0 Å². The molecule has 0 bridgehead atoms. The van der Waals surface area contributed by atoms with Crippen LogP contribution in [-0.2, 0) is 10.0 Å². The molecule has 0 aliphatic heterocycles. The van der Waals surface area contributed by atoms with Crippen LogP contribution in [0.1, 0.15) is 21.6 Å². The number of carbonyl (C=O) groups excluding carboxylic acids is 1. The first kappa shape index (κ1) is 26.5. The van der Waals surface area contributed by atoms with Crippen LogP contribution in [0.2, 0.25) is 10.0 Å². The summed E-state index contributed by atoms with van der Waals surface area (Å²) in [6.07, 6.45) is 2.25. The molecule has 0 radical (unpaired) electrons. The fraction of sp³-hybridized carbons (Fsp3) is 0.0769. The van der Waals surface area contributed by atoms with E-state index in [0.29, 0.717) is 27.2 Å². The normalized spacial score (nSPS) is 11.6. The molecule has 3 aromatic carbocycles. The Morgan fingerprint density at radius 1 is 1.13 bits per heavy atom. The Hall–Kier alpha value is -4.06. The molecule has 0 saturated heterocycles. The number of aromatic amines is 1. The second-order valence-corrected chi connectivity index (χ2v) is 11.4. The lowest BCUT2D eigenvalue weighted by molar-refractivity contribution is 0.103. The fourth-order valence-electron chi connectivity index (χ4n) is 4.11. The Morgan fingerprint density at radius 2 is 1.90 bits per heavy atom. The molecule has 0 saturated carbocycles. The van der Waals surface area contributed by atoms with Crippen LogP contribution in [0.25, 0.3) is 16.6 Å². The second kappa shape index (κ2) is 9.92.